The van der Waals surface area contributed by atoms with Gasteiger partial charge in [0.1, 0.15) is 10.9 Å². The van der Waals surface area contributed by atoms with Crippen molar-refractivity contribution in [2.45, 2.75) is 12.6 Å². The van der Waals surface area contributed by atoms with Crippen molar-refractivity contribution >= 4 is 23.2 Å². The Bertz CT molecular complexity index is 474. The summed E-state index contributed by atoms with van der Waals surface area (Å²) in [5, 5.41) is 11.5. The molecule has 19 heavy (non-hydrogen) atoms. The van der Waals surface area contributed by atoms with Crippen molar-refractivity contribution in [1.82, 2.24) is 10.2 Å². The zero-order valence-corrected chi connectivity index (χ0v) is 11.4. The van der Waals surface area contributed by atoms with E-state index in [0.29, 0.717) is 31.2 Å². The van der Waals surface area contributed by atoms with Crippen LogP contribution in [0.3, 0.4) is 0 Å². The van der Waals surface area contributed by atoms with Crippen LogP contribution in [0, 0.1) is 0 Å². The van der Waals surface area contributed by atoms with E-state index < -0.39 is 5.97 Å². The van der Waals surface area contributed by atoms with E-state index in [-0.39, 0.29) is 11.9 Å². The number of rotatable bonds is 4. The highest BCUT2D eigenvalue weighted by molar-refractivity contribution is 7.13. The van der Waals surface area contributed by atoms with Crippen LogP contribution < -0.4 is 5.32 Å². The highest BCUT2D eigenvalue weighted by Gasteiger charge is 2.29. The van der Waals surface area contributed by atoms with Crippen molar-refractivity contribution in [3.63, 3.8) is 0 Å². The predicted molar refractivity (Wildman–Crippen MR) is 70.4 cm³/mol. The lowest BCUT2D eigenvalue weighted by Gasteiger charge is -2.33. The van der Waals surface area contributed by atoms with Gasteiger partial charge in [0.05, 0.1) is 13.2 Å². The standard InChI is InChI=1S/C12H16N2O4S/c1-13-11(15)9-7-18-5-4-14(9)6-8-2-3-10(19-8)12(16)17/h2-3,9H,4-7H2,1H3,(H,13,15)(H,16,17). The number of amides is 1. The summed E-state index contributed by atoms with van der Waals surface area (Å²) in [7, 11) is 1.60. The van der Waals surface area contributed by atoms with Crippen LogP contribution in [0.2, 0.25) is 0 Å². The third-order valence-electron chi connectivity index (χ3n) is 3.02. The van der Waals surface area contributed by atoms with Gasteiger partial charge in [-0.15, -0.1) is 11.3 Å². The van der Waals surface area contributed by atoms with Crippen LogP contribution >= 0.6 is 11.3 Å². The number of carboxylic acid groups (broad SMARTS) is 1. The maximum absolute atomic E-state index is 11.8. The van der Waals surface area contributed by atoms with Crippen LogP contribution in [-0.2, 0) is 16.1 Å². The number of nitrogens with zero attached hydrogens (tertiary/aromatic N) is 1. The maximum Gasteiger partial charge on any atom is 0.345 e. The molecule has 0 spiro atoms. The second-order valence-corrected chi connectivity index (χ2v) is 5.41. The van der Waals surface area contributed by atoms with Gasteiger partial charge in [-0.1, -0.05) is 0 Å². The molecule has 1 amide bonds. The summed E-state index contributed by atoms with van der Waals surface area (Å²) in [6, 6.07) is 3.08. The van der Waals surface area contributed by atoms with Gasteiger partial charge in [0.2, 0.25) is 5.91 Å². The fourth-order valence-electron chi connectivity index (χ4n) is 2.01. The summed E-state index contributed by atoms with van der Waals surface area (Å²) >= 11 is 1.24. The first kappa shape index (κ1) is 14.0. The first-order chi connectivity index (χ1) is 9.11. The molecule has 104 valence electrons. The van der Waals surface area contributed by atoms with Crippen molar-refractivity contribution < 1.29 is 19.4 Å². The van der Waals surface area contributed by atoms with E-state index in [0.717, 1.165) is 4.88 Å². The van der Waals surface area contributed by atoms with Crippen molar-refractivity contribution in [2.24, 2.45) is 0 Å². The van der Waals surface area contributed by atoms with Crippen molar-refractivity contribution in [2.75, 3.05) is 26.8 Å². The molecular weight excluding hydrogens is 268 g/mol. The summed E-state index contributed by atoms with van der Waals surface area (Å²) in [6.45, 7) is 2.19. The van der Waals surface area contributed by atoms with E-state index in [1.807, 2.05) is 4.90 Å². The Balaban J connectivity index is 2.06. The lowest BCUT2D eigenvalue weighted by Crippen LogP contribution is -2.52. The minimum Gasteiger partial charge on any atom is -0.477 e. The molecular formula is C12H16N2O4S. The number of aromatic carboxylic acids is 1. The molecule has 0 saturated carbocycles. The van der Waals surface area contributed by atoms with E-state index >= 15 is 0 Å². The molecule has 1 atom stereocenters. The Hall–Kier alpha value is -1.44. The molecule has 6 nitrogen and oxygen atoms in total. The van der Waals surface area contributed by atoms with Gasteiger partial charge in [-0.05, 0) is 12.1 Å². The number of carbonyl (C=O) groups excluding carboxylic acids is 1. The molecule has 1 aromatic rings. The Labute approximate surface area is 115 Å². The first-order valence-corrected chi connectivity index (χ1v) is 6.79. The topological polar surface area (TPSA) is 78.9 Å². The van der Waals surface area contributed by atoms with E-state index in [1.165, 1.54) is 11.3 Å². The largest absolute Gasteiger partial charge is 0.477 e. The number of carbonyl (C=O) groups is 2. The minimum atomic E-state index is -0.916. The SMILES string of the molecule is CNC(=O)C1COCCN1Cc1ccc(C(=O)O)s1. The van der Waals surface area contributed by atoms with Crippen LogP contribution in [0.1, 0.15) is 14.5 Å². The molecule has 7 heteroatoms. The molecule has 1 aliphatic heterocycles. The average molecular weight is 284 g/mol. The van der Waals surface area contributed by atoms with Crippen LogP contribution in [0.15, 0.2) is 12.1 Å². The molecule has 2 N–H and O–H groups in total. The molecule has 0 bridgehead atoms. The lowest BCUT2D eigenvalue weighted by atomic mass is 10.2. The number of ether oxygens (including phenoxy) is 1. The molecule has 0 aromatic carbocycles. The predicted octanol–water partition coefficient (Wildman–Crippen LogP) is 0.393. The highest BCUT2D eigenvalue weighted by Crippen LogP contribution is 2.20. The summed E-state index contributed by atoms with van der Waals surface area (Å²) < 4.78 is 5.32. The average Bonchev–Trinajstić information content (AvgIpc) is 2.87. The van der Waals surface area contributed by atoms with Gasteiger partial charge in [-0.3, -0.25) is 9.69 Å². The number of nitrogens with one attached hydrogen (secondary N) is 1. The summed E-state index contributed by atoms with van der Waals surface area (Å²) in [6.07, 6.45) is 0. The zero-order valence-electron chi connectivity index (χ0n) is 10.6. The lowest BCUT2D eigenvalue weighted by molar-refractivity contribution is -0.132. The van der Waals surface area contributed by atoms with Gasteiger partial charge in [0, 0.05) is 25.0 Å². The Morgan fingerprint density at radius 2 is 2.37 bits per heavy atom. The van der Waals surface area contributed by atoms with Crippen LogP contribution in [0.25, 0.3) is 0 Å². The zero-order chi connectivity index (χ0) is 13.8. The number of hydrogen-bond donors (Lipinski definition) is 2. The summed E-state index contributed by atoms with van der Waals surface area (Å²) in [5.74, 6) is -0.990. The molecule has 2 heterocycles. The smallest absolute Gasteiger partial charge is 0.345 e. The number of thiophene rings is 1. The highest BCUT2D eigenvalue weighted by atomic mass is 32.1. The quantitative estimate of drug-likeness (QED) is 0.836. The Morgan fingerprint density at radius 3 is 3.00 bits per heavy atom. The van der Waals surface area contributed by atoms with Crippen molar-refractivity contribution in [3.05, 3.63) is 21.9 Å². The second kappa shape index (κ2) is 6.14. The summed E-state index contributed by atoms with van der Waals surface area (Å²) in [4.78, 5) is 25.9. The molecule has 0 radical (unpaired) electrons. The molecule has 1 saturated heterocycles. The fraction of sp³-hybridized carbons (Fsp3) is 0.500. The molecule has 1 fully saturated rings. The van der Waals surface area contributed by atoms with Crippen molar-refractivity contribution in [1.29, 1.82) is 0 Å². The normalized spacial score (nSPS) is 20.2. The maximum atomic E-state index is 11.8. The van der Waals surface area contributed by atoms with E-state index in [9.17, 15) is 9.59 Å². The molecule has 1 aliphatic rings. The minimum absolute atomic E-state index is 0.0743. The number of carboxylic acids is 1. The fourth-order valence-corrected chi connectivity index (χ4v) is 2.89. The van der Waals surface area contributed by atoms with E-state index in [2.05, 4.69) is 5.32 Å². The van der Waals surface area contributed by atoms with Gasteiger partial charge in [-0.25, -0.2) is 4.79 Å². The molecule has 1 aromatic heterocycles. The molecule has 2 rings (SSSR count). The van der Waals surface area contributed by atoms with Gasteiger partial charge < -0.3 is 15.2 Å². The Morgan fingerprint density at radius 1 is 1.58 bits per heavy atom. The van der Waals surface area contributed by atoms with E-state index in [4.69, 9.17) is 9.84 Å². The Kier molecular flexibility index (Phi) is 4.52. The number of likely N-dealkylation sites (N-methyl/N-ethyl adjacent to an activating group) is 1. The van der Waals surface area contributed by atoms with E-state index in [1.54, 1.807) is 19.2 Å². The van der Waals surface area contributed by atoms with Crippen LogP contribution in [-0.4, -0.2) is 54.7 Å². The first-order valence-electron chi connectivity index (χ1n) is 5.97. The molecule has 1 unspecified atom stereocenters. The summed E-state index contributed by atoms with van der Waals surface area (Å²) in [5.41, 5.74) is 0. The monoisotopic (exact) mass is 284 g/mol. The third-order valence-corrected chi connectivity index (χ3v) is 4.08. The van der Waals surface area contributed by atoms with Crippen LogP contribution in [0.4, 0.5) is 0 Å². The van der Waals surface area contributed by atoms with Gasteiger partial charge in [0.15, 0.2) is 0 Å². The third kappa shape index (κ3) is 3.31. The van der Waals surface area contributed by atoms with Gasteiger partial charge >= 0.3 is 5.97 Å². The van der Waals surface area contributed by atoms with Crippen LogP contribution in [0.5, 0.6) is 0 Å². The van der Waals surface area contributed by atoms with Crippen molar-refractivity contribution in [3.8, 4) is 0 Å². The molecule has 0 aliphatic carbocycles. The second-order valence-electron chi connectivity index (χ2n) is 4.25. The van der Waals surface area contributed by atoms with Gasteiger partial charge in [-0.2, -0.15) is 0 Å². The number of hydrogen-bond acceptors (Lipinski definition) is 5. The van der Waals surface area contributed by atoms with Gasteiger partial charge in [0.25, 0.3) is 0 Å². The number of morpholine rings is 1.